The number of aliphatic carboxylic acids is 1. The maximum Gasteiger partial charge on any atom is 0.345 e. The van der Waals surface area contributed by atoms with E-state index in [9.17, 15) is 19.8 Å². The Kier molecular flexibility index (Phi) is 6.23. The van der Waals surface area contributed by atoms with Crippen LogP contribution in [-0.2, 0) is 4.79 Å². The van der Waals surface area contributed by atoms with Crippen molar-refractivity contribution in [3.8, 4) is 0 Å². The van der Waals surface area contributed by atoms with E-state index in [1.165, 1.54) is 41.7 Å². The van der Waals surface area contributed by atoms with Crippen LogP contribution >= 0.6 is 11.3 Å². The number of carboxylic acids is 2. The number of allylic oxidation sites excluding steroid dienone is 3. The lowest BCUT2D eigenvalue weighted by Crippen LogP contribution is -2.65. The van der Waals surface area contributed by atoms with Crippen LogP contribution in [0.1, 0.15) is 114 Å². The molecule has 0 saturated heterocycles. The van der Waals surface area contributed by atoms with Gasteiger partial charge in [0.15, 0.2) is 0 Å². The normalized spacial score (nSPS) is 45.4. The predicted octanol–water partition coefficient (Wildman–Crippen LogP) is 9.18. The van der Waals surface area contributed by atoms with E-state index < -0.39 is 17.4 Å². The molecule has 1 heterocycles. The highest BCUT2D eigenvalue weighted by atomic mass is 32.1. The highest BCUT2D eigenvalue weighted by Gasteiger charge is 2.71. The molecule has 4 fully saturated rings. The highest BCUT2D eigenvalue weighted by Crippen LogP contribution is 2.77. The Bertz CT molecular complexity index is 1300. The fourth-order valence-electron chi connectivity index (χ4n) is 12.1. The fourth-order valence-corrected chi connectivity index (χ4v) is 13.2. The molecule has 0 radical (unpaired) electrons. The van der Waals surface area contributed by atoms with Crippen molar-refractivity contribution in [2.24, 2.45) is 56.7 Å². The molecule has 4 nitrogen and oxygen atoms in total. The minimum atomic E-state index is -0.843. The molecule has 1 aromatic heterocycles. The summed E-state index contributed by atoms with van der Waals surface area (Å²) in [7, 11) is 0. The van der Waals surface area contributed by atoms with Crippen LogP contribution in [-0.4, -0.2) is 22.2 Å². The number of aromatic carboxylic acids is 1. The lowest BCUT2D eigenvalue weighted by molar-refractivity contribution is -0.227. The second-order valence-corrected chi connectivity index (χ2v) is 16.7. The number of rotatable bonds is 4. The van der Waals surface area contributed by atoms with E-state index in [4.69, 9.17) is 0 Å². The average Bonchev–Trinajstić information content (AvgIpc) is 3.50. The zero-order valence-electron chi connectivity index (χ0n) is 25.3. The first-order chi connectivity index (χ1) is 18.6. The molecule has 9 unspecified atom stereocenters. The number of fused-ring (bicyclic) bond motifs is 7. The van der Waals surface area contributed by atoms with Crippen molar-refractivity contribution >= 4 is 28.8 Å². The minimum Gasteiger partial charge on any atom is -0.481 e. The Hall–Kier alpha value is -1.88. The largest absolute Gasteiger partial charge is 0.481 e. The molecule has 2 N–H and O–H groups in total. The second-order valence-electron chi connectivity index (χ2n) is 15.7. The van der Waals surface area contributed by atoms with Gasteiger partial charge in [0, 0.05) is 4.88 Å². The predicted molar refractivity (Wildman–Crippen MR) is 161 cm³/mol. The first-order valence-electron chi connectivity index (χ1n) is 15.6. The third-order valence-electron chi connectivity index (χ3n) is 14.2. The van der Waals surface area contributed by atoms with E-state index in [1.807, 2.05) is 6.07 Å². The lowest BCUT2D eigenvalue weighted by Gasteiger charge is -2.72. The van der Waals surface area contributed by atoms with Crippen molar-refractivity contribution in [2.45, 2.75) is 99.3 Å². The maximum atomic E-state index is 12.9. The van der Waals surface area contributed by atoms with E-state index in [0.717, 1.165) is 43.4 Å². The summed E-state index contributed by atoms with van der Waals surface area (Å²) in [5.74, 6) is 0.699. The van der Waals surface area contributed by atoms with Crippen molar-refractivity contribution in [1.29, 1.82) is 0 Å². The molecule has 0 aromatic carbocycles. The smallest absolute Gasteiger partial charge is 0.345 e. The number of hydrogen-bond donors (Lipinski definition) is 2. The first-order valence-corrected chi connectivity index (χ1v) is 16.4. The SMILES string of the molecule is C=C(C)C1CCC2(C(=O)O)CCC3(C)C(CCC4C5(C)CC=C(c6ccc(C(=O)O)s6)C(C)(C)C5CCC43C)C12. The van der Waals surface area contributed by atoms with E-state index in [0.29, 0.717) is 28.5 Å². The Morgan fingerprint density at radius 2 is 1.62 bits per heavy atom. The lowest BCUT2D eigenvalue weighted by atomic mass is 9.32. The number of carbonyl (C=O) groups is 2. The van der Waals surface area contributed by atoms with Gasteiger partial charge in [0.2, 0.25) is 0 Å². The van der Waals surface area contributed by atoms with E-state index in [-0.39, 0.29) is 27.6 Å². The maximum absolute atomic E-state index is 12.9. The van der Waals surface area contributed by atoms with Gasteiger partial charge in [0.05, 0.1) is 5.41 Å². The highest BCUT2D eigenvalue weighted by molar-refractivity contribution is 7.15. The van der Waals surface area contributed by atoms with Crippen LogP contribution in [0, 0.1) is 56.7 Å². The monoisotopic (exact) mass is 564 g/mol. The summed E-state index contributed by atoms with van der Waals surface area (Å²) >= 11 is 1.41. The Morgan fingerprint density at radius 3 is 2.25 bits per heavy atom. The van der Waals surface area contributed by atoms with Crippen LogP contribution in [0.2, 0.25) is 0 Å². The summed E-state index contributed by atoms with van der Waals surface area (Å²) in [6.45, 7) is 19.0. The molecule has 218 valence electrons. The van der Waals surface area contributed by atoms with Gasteiger partial charge in [-0.15, -0.1) is 11.3 Å². The quantitative estimate of drug-likeness (QED) is 0.358. The third-order valence-corrected chi connectivity index (χ3v) is 15.3. The summed E-state index contributed by atoms with van der Waals surface area (Å²) in [5.41, 5.74) is 2.39. The van der Waals surface area contributed by atoms with Crippen molar-refractivity contribution in [3.05, 3.63) is 40.1 Å². The number of thiophene rings is 1. The van der Waals surface area contributed by atoms with Gasteiger partial charge in [0.1, 0.15) is 4.88 Å². The van der Waals surface area contributed by atoms with Crippen LogP contribution < -0.4 is 0 Å². The molecule has 5 aliphatic carbocycles. The molecular formula is C35H48O4S. The molecule has 9 atom stereocenters. The molecule has 5 aliphatic rings. The average molecular weight is 565 g/mol. The second kappa shape index (κ2) is 8.82. The van der Waals surface area contributed by atoms with E-state index >= 15 is 0 Å². The molecule has 0 amide bonds. The van der Waals surface area contributed by atoms with E-state index in [2.05, 4.69) is 54.2 Å². The van der Waals surface area contributed by atoms with Gasteiger partial charge in [-0.3, -0.25) is 4.79 Å². The molecule has 0 aliphatic heterocycles. The molecule has 1 aromatic rings. The standard InChI is InChI=1S/C35H48O4S/c1-20(2)21-12-17-35(30(38)39)19-18-33(6)23(28(21)35)8-11-27-32(5)15-13-22(24-9-10-25(40-24)29(36)37)31(3,4)26(32)14-16-34(27,33)7/h9-10,13,21,23,26-28H,1,8,11-12,14-19H2,2-7H3,(H,36,37)(H,38,39). The fraction of sp³-hybridized carbons (Fsp3) is 0.714. The Labute approximate surface area is 244 Å². The summed E-state index contributed by atoms with van der Waals surface area (Å²) in [6.07, 6.45) is 11.8. The Balaban J connectivity index is 1.38. The topological polar surface area (TPSA) is 74.6 Å². The van der Waals surface area contributed by atoms with Crippen LogP contribution in [0.25, 0.3) is 5.57 Å². The molecule has 40 heavy (non-hydrogen) atoms. The van der Waals surface area contributed by atoms with Gasteiger partial charge in [-0.1, -0.05) is 52.8 Å². The van der Waals surface area contributed by atoms with Crippen LogP contribution in [0.15, 0.2) is 30.4 Å². The van der Waals surface area contributed by atoms with Crippen molar-refractivity contribution in [3.63, 3.8) is 0 Å². The van der Waals surface area contributed by atoms with Crippen molar-refractivity contribution in [1.82, 2.24) is 0 Å². The van der Waals surface area contributed by atoms with Crippen LogP contribution in [0.3, 0.4) is 0 Å². The number of hydrogen-bond acceptors (Lipinski definition) is 3. The van der Waals surface area contributed by atoms with Gasteiger partial charge in [-0.2, -0.15) is 0 Å². The summed E-state index contributed by atoms with van der Waals surface area (Å²) in [5, 5.41) is 20.1. The van der Waals surface area contributed by atoms with Gasteiger partial charge in [0.25, 0.3) is 0 Å². The molecule has 0 bridgehead atoms. The zero-order chi connectivity index (χ0) is 29.0. The van der Waals surface area contributed by atoms with Crippen molar-refractivity contribution in [2.75, 3.05) is 0 Å². The molecule has 4 saturated carbocycles. The molecule has 5 heteroatoms. The molecular weight excluding hydrogens is 516 g/mol. The molecule has 6 rings (SSSR count). The van der Waals surface area contributed by atoms with Gasteiger partial charge < -0.3 is 10.2 Å². The van der Waals surface area contributed by atoms with Crippen molar-refractivity contribution < 1.29 is 19.8 Å². The molecule has 0 spiro atoms. The van der Waals surface area contributed by atoms with E-state index in [1.54, 1.807) is 6.07 Å². The number of carboxylic acid groups (broad SMARTS) is 2. The van der Waals surface area contributed by atoms with Gasteiger partial charge in [-0.05, 0) is 134 Å². The zero-order valence-corrected chi connectivity index (χ0v) is 26.1. The van der Waals surface area contributed by atoms with Gasteiger partial charge >= 0.3 is 11.9 Å². The van der Waals surface area contributed by atoms with Crippen LogP contribution in [0.5, 0.6) is 0 Å². The minimum absolute atomic E-state index is 0.0335. The van der Waals surface area contributed by atoms with Crippen LogP contribution in [0.4, 0.5) is 0 Å². The summed E-state index contributed by atoms with van der Waals surface area (Å²) < 4.78 is 0. The summed E-state index contributed by atoms with van der Waals surface area (Å²) in [6, 6.07) is 3.77. The summed E-state index contributed by atoms with van der Waals surface area (Å²) in [4.78, 5) is 26.0. The van der Waals surface area contributed by atoms with Gasteiger partial charge in [-0.25, -0.2) is 4.79 Å². The third kappa shape index (κ3) is 3.42. The first kappa shape index (κ1) is 28.2. The Morgan fingerprint density at radius 1 is 0.900 bits per heavy atom.